The van der Waals surface area contributed by atoms with E-state index < -0.39 is 0 Å². The van der Waals surface area contributed by atoms with Crippen molar-refractivity contribution in [3.8, 4) is 0 Å². The van der Waals surface area contributed by atoms with Gasteiger partial charge in [-0.05, 0) is 0 Å². The van der Waals surface area contributed by atoms with E-state index in [1.807, 2.05) is 0 Å². The molecule has 0 aliphatic rings. The fraction of sp³-hybridized carbons (Fsp3) is 0. The quantitative estimate of drug-likeness (QED) is 0.201. The van der Waals surface area contributed by atoms with Crippen molar-refractivity contribution in [3.63, 3.8) is 0 Å². The zero-order valence-corrected chi connectivity index (χ0v) is 1.32. The molecule has 0 aromatic heterocycles. The number of nitrogens with one attached hydrogen (secondary N) is 1. The second-order valence-corrected chi connectivity index (χ2v) is 0.0833. The molecule has 0 aliphatic carbocycles. The van der Waals surface area contributed by atoms with Gasteiger partial charge in [0.15, 0.2) is 0 Å². The van der Waals surface area contributed by atoms with Gasteiger partial charge in [0, 0.05) is 5.34 Å². The molecule has 3 nitrogen and oxygen atoms in total. The maximum absolute atomic E-state index is 8.12. The van der Waals surface area contributed by atoms with Crippen molar-refractivity contribution >= 4 is 37.7 Å². The van der Waals surface area contributed by atoms with E-state index in [1.165, 1.54) is 0 Å². The van der Waals surface area contributed by atoms with Crippen molar-refractivity contribution < 1.29 is 5.34 Å². The minimum absolute atomic E-state index is 0. The summed E-state index contributed by atoms with van der Waals surface area (Å²) >= 11 is 0. The maximum atomic E-state index is 8.12. The Morgan fingerprint density at radius 2 is 1.75 bits per heavy atom. The molecule has 0 saturated heterocycles. The summed E-state index contributed by atoms with van der Waals surface area (Å²) in [5.74, 6) is 0. The molecule has 0 spiro atoms. The first-order valence-corrected chi connectivity index (χ1v) is 0.408. The third-order valence-corrected chi connectivity index (χ3v) is 0. The van der Waals surface area contributed by atoms with Gasteiger partial charge in [0.2, 0.25) is 0 Å². The molecule has 0 fully saturated rings. The first-order chi connectivity index (χ1) is 1.41. The first kappa shape index (κ1) is 8.82. The summed E-state index contributed by atoms with van der Waals surface area (Å²) in [5.41, 5.74) is 0. The molecule has 0 heterocycles. The average molecular weight is 89.1 g/mol. The van der Waals surface area contributed by atoms with Crippen LogP contribution < -0.4 is 5.34 Å². The monoisotopic (exact) mass is 89.0 g/mol. The van der Waals surface area contributed by atoms with Gasteiger partial charge in [0.25, 0.3) is 0 Å². The Labute approximate surface area is 52.9 Å². The van der Waals surface area contributed by atoms with Gasteiger partial charge in [0.05, 0.1) is 0 Å². The van der Waals surface area contributed by atoms with Crippen molar-refractivity contribution in [1.29, 1.82) is 0 Å². The molecule has 0 atom stereocenters. The summed E-state index contributed by atoms with van der Waals surface area (Å²) < 4.78 is 0. The predicted octanol–water partition coefficient (Wildman–Crippen LogP) is -2.58. The van der Waals surface area contributed by atoms with Crippen LogP contribution in [0.5, 0.6) is 0 Å². The van der Waals surface area contributed by atoms with Crippen LogP contribution in [0.1, 0.15) is 0 Å². The van der Waals surface area contributed by atoms with Crippen LogP contribution in [0.2, 0.25) is 0 Å². The van der Waals surface area contributed by atoms with Gasteiger partial charge in [0.1, 0.15) is 0 Å². The van der Waals surface area contributed by atoms with Crippen LogP contribution in [0.25, 0.3) is 0 Å². The molecule has 0 radical (unpaired) electrons. The van der Waals surface area contributed by atoms with Crippen molar-refractivity contribution in [3.05, 3.63) is 10.1 Å². The number of hydrogen-bond donors (Lipinski definition) is 1. The van der Waals surface area contributed by atoms with Crippen LogP contribution in [-0.2, 0) is 0 Å². The van der Waals surface area contributed by atoms with Crippen molar-refractivity contribution in [2.75, 3.05) is 0 Å². The van der Waals surface area contributed by atoms with Crippen molar-refractivity contribution in [2.24, 2.45) is 0 Å². The zero-order valence-electron chi connectivity index (χ0n) is 1.32. The van der Waals surface area contributed by atoms with E-state index in [0.29, 0.717) is 0 Å². The molecule has 0 rings (SSSR count). The molecule has 1 N–H and O–H groups in total. The summed E-state index contributed by atoms with van der Waals surface area (Å²) in [4.78, 5) is 8.12. The fourth-order valence-electron chi connectivity index (χ4n) is 0. The van der Waals surface area contributed by atoms with Gasteiger partial charge < -0.3 is 0 Å². The van der Waals surface area contributed by atoms with E-state index in [1.54, 1.807) is 0 Å². The molecule has 0 aliphatic heterocycles. The molecule has 0 amide bonds. The Bertz CT molecular complexity index is 13.5. The van der Waals surface area contributed by atoms with Crippen molar-refractivity contribution in [1.82, 2.24) is 0 Å². The molecule has 0 aromatic rings. The Hall–Kier alpha value is 0.660. The molecule has 4 heteroatoms. The van der Waals surface area contributed by atoms with Gasteiger partial charge in [-0.3, -0.25) is 10.1 Å². The second kappa shape index (κ2) is 9.40. The van der Waals surface area contributed by atoms with Crippen LogP contribution >= 0.6 is 0 Å². The SMILES string of the molecule is O=[NH+][O-].[CaH2]. The number of hydrogen-bond acceptors (Lipinski definition) is 2. The van der Waals surface area contributed by atoms with Gasteiger partial charge in [-0.15, -0.1) is 0 Å². The Morgan fingerprint density at radius 1 is 1.75 bits per heavy atom. The summed E-state index contributed by atoms with van der Waals surface area (Å²) in [6.45, 7) is 0. The topological polar surface area (TPSA) is 54.1 Å². The molecule has 22 valence electrons. The molecule has 0 aromatic carbocycles. The summed E-state index contributed by atoms with van der Waals surface area (Å²) in [7, 11) is 0. The van der Waals surface area contributed by atoms with Gasteiger partial charge in [-0.25, -0.2) is 0 Å². The van der Waals surface area contributed by atoms with E-state index in [4.69, 9.17) is 10.1 Å². The fourth-order valence-corrected chi connectivity index (χ4v) is 0. The summed E-state index contributed by atoms with van der Waals surface area (Å²) in [6, 6.07) is 0. The molecule has 0 bridgehead atoms. The van der Waals surface area contributed by atoms with E-state index in [0.717, 1.165) is 0 Å². The summed E-state index contributed by atoms with van der Waals surface area (Å²) in [5, 5.41) is 8.38. The van der Waals surface area contributed by atoms with E-state index >= 15 is 0 Å². The Balaban J connectivity index is 0. The van der Waals surface area contributed by atoms with Gasteiger partial charge >= 0.3 is 37.7 Å². The first-order valence-electron chi connectivity index (χ1n) is 0.408. The van der Waals surface area contributed by atoms with Crippen LogP contribution in [0.3, 0.4) is 0 Å². The zero-order chi connectivity index (χ0) is 2.71. The predicted molar refractivity (Wildman–Crippen MR) is 16.2 cm³/mol. The second-order valence-electron chi connectivity index (χ2n) is 0.0833. The minimum atomic E-state index is 0. The van der Waals surface area contributed by atoms with Gasteiger partial charge in [-0.2, -0.15) is 0 Å². The average Bonchev–Trinajstić information content (AvgIpc) is 0.918. The Morgan fingerprint density at radius 3 is 1.75 bits per heavy atom. The van der Waals surface area contributed by atoms with Crippen LogP contribution in [-0.4, -0.2) is 37.7 Å². The van der Waals surface area contributed by atoms with Crippen LogP contribution in [0.15, 0.2) is 0 Å². The molecule has 0 saturated carbocycles. The van der Waals surface area contributed by atoms with Crippen LogP contribution in [0.4, 0.5) is 0 Å². The Kier molecular flexibility index (Phi) is 20.7. The van der Waals surface area contributed by atoms with E-state index in [9.17, 15) is 0 Å². The third kappa shape index (κ3) is 16.8. The molecular formula is H3CaNO2. The van der Waals surface area contributed by atoms with Crippen molar-refractivity contribution in [2.45, 2.75) is 0 Å². The molecule has 4 heavy (non-hydrogen) atoms. The van der Waals surface area contributed by atoms with Crippen LogP contribution in [0, 0.1) is 10.1 Å². The van der Waals surface area contributed by atoms with E-state index in [2.05, 4.69) is 0 Å². The molecular weight excluding hydrogens is 86.1 g/mol. The third-order valence-electron chi connectivity index (χ3n) is 0. The van der Waals surface area contributed by atoms with E-state index in [-0.39, 0.29) is 43.1 Å². The summed E-state index contributed by atoms with van der Waals surface area (Å²) in [6.07, 6.45) is 0. The normalized spacial score (nSPS) is 3.00. The number of rotatable bonds is 0. The van der Waals surface area contributed by atoms with Gasteiger partial charge in [-0.1, -0.05) is 0 Å². The standard InChI is InChI=1S/Ca.HNO2.2H/c;2-1-3;;/h;1H;;. The molecule has 0 unspecified atom stereocenters.